The van der Waals surface area contributed by atoms with Gasteiger partial charge in [0.2, 0.25) is 0 Å². The topological polar surface area (TPSA) is 41.6 Å². The van der Waals surface area contributed by atoms with Crippen molar-refractivity contribution in [2.45, 2.75) is 12.1 Å². The van der Waals surface area contributed by atoms with Crippen LogP contribution >= 0.6 is 15.9 Å². The minimum Gasteiger partial charge on any atom is -0.196 e. The number of halogens is 6. The average molecular weight is 266 g/mol. The highest BCUT2D eigenvalue weighted by atomic mass is 79.9. The monoisotopic (exact) mass is 265 g/mol. The third-order valence-electron chi connectivity index (χ3n) is 1.16. The van der Waals surface area contributed by atoms with Crippen LogP contribution in [0, 0.1) is 0 Å². The van der Waals surface area contributed by atoms with Crippen molar-refractivity contribution < 1.29 is 22.0 Å². The summed E-state index contributed by atoms with van der Waals surface area (Å²) in [5.74, 6) is -5.00. The molecule has 0 bridgehead atoms. The molecule has 0 saturated carbocycles. The number of alkyl halides is 5. The number of hydrogen-bond acceptors (Lipinski definition) is 2. The predicted molar refractivity (Wildman–Crippen MR) is 34.0 cm³/mol. The van der Waals surface area contributed by atoms with Gasteiger partial charge in [-0.2, -0.15) is 32.3 Å². The van der Waals surface area contributed by atoms with Crippen LogP contribution < -0.4 is 0 Å². The zero-order valence-corrected chi connectivity index (χ0v) is 7.25. The second-order valence-corrected chi connectivity index (χ2v) is 2.79. The van der Waals surface area contributed by atoms with E-state index in [4.69, 9.17) is 0 Å². The predicted octanol–water partition coefficient (Wildman–Crippen LogP) is 2.22. The summed E-state index contributed by atoms with van der Waals surface area (Å²) in [5.41, 5.74) is -1.47. The maximum absolute atomic E-state index is 12.5. The van der Waals surface area contributed by atoms with E-state index < -0.39 is 22.4 Å². The number of nitrogens with zero attached hydrogens (tertiary/aromatic N) is 2. The second kappa shape index (κ2) is 2.89. The van der Waals surface area contributed by atoms with Gasteiger partial charge in [-0.15, -0.1) is 5.10 Å². The Balaban J connectivity index is 3.15. The zero-order valence-electron chi connectivity index (χ0n) is 5.66. The Hall–Kier alpha value is -0.730. The Morgan fingerprint density at radius 2 is 1.62 bits per heavy atom. The van der Waals surface area contributed by atoms with Gasteiger partial charge < -0.3 is 0 Å². The Kier molecular flexibility index (Phi) is 2.30. The largest absolute Gasteiger partial charge is 0.459 e. The van der Waals surface area contributed by atoms with Crippen LogP contribution in [0.25, 0.3) is 0 Å². The third kappa shape index (κ3) is 1.64. The van der Waals surface area contributed by atoms with Gasteiger partial charge in [0.15, 0.2) is 10.3 Å². The minimum absolute atomic E-state index is 0.658. The Morgan fingerprint density at radius 1 is 1.08 bits per heavy atom. The lowest BCUT2D eigenvalue weighted by Gasteiger charge is -2.16. The van der Waals surface area contributed by atoms with Gasteiger partial charge in [0, 0.05) is 0 Å². The summed E-state index contributed by atoms with van der Waals surface area (Å²) in [4.78, 5) is 0. The van der Waals surface area contributed by atoms with Crippen LogP contribution in [0.5, 0.6) is 0 Å². The van der Waals surface area contributed by atoms with E-state index in [-0.39, 0.29) is 0 Å². The van der Waals surface area contributed by atoms with Crippen molar-refractivity contribution in [1.82, 2.24) is 15.4 Å². The maximum atomic E-state index is 12.5. The Bertz CT molecular complexity index is 305. The lowest BCUT2D eigenvalue weighted by molar-refractivity contribution is -0.291. The highest BCUT2D eigenvalue weighted by Gasteiger charge is 2.61. The number of aromatic nitrogens is 3. The SMILES string of the molecule is FC(F)(F)C(F)(F)c1n[nH]nc1Br. The summed E-state index contributed by atoms with van der Waals surface area (Å²) in [6.07, 6.45) is -5.67. The molecule has 0 atom stereocenters. The van der Waals surface area contributed by atoms with Crippen LogP contribution in [0.2, 0.25) is 0 Å². The van der Waals surface area contributed by atoms with Gasteiger partial charge in [-0.25, -0.2) is 0 Å². The van der Waals surface area contributed by atoms with Crippen LogP contribution in [-0.4, -0.2) is 21.6 Å². The van der Waals surface area contributed by atoms with E-state index in [1.807, 2.05) is 0 Å². The molecule has 1 heterocycles. The molecule has 74 valence electrons. The van der Waals surface area contributed by atoms with Crippen LogP contribution in [0.4, 0.5) is 22.0 Å². The van der Waals surface area contributed by atoms with E-state index in [1.54, 1.807) is 5.21 Å². The molecule has 0 saturated heterocycles. The Labute approximate surface area is 76.4 Å². The summed E-state index contributed by atoms with van der Waals surface area (Å²) < 4.78 is 59.5. The van der Waals surface area contributed by atoms with Gasteiger partial charge in [0.25, 0.3) is 0 Å². The normalized spacial score (nSPS) is 13.4. The number of rotatable bonds is 1. The third-order valence-corrected chi connectivity index (χ3v) is 1.71. The van der Waals surface area contributed by atoms with E-state index in [0.717, 1.165) is 0 Å². The molecule has 0 aliphatic carbocycles. The van der Waals surface area contributed by atoms with Crippen molar-refractivity contribution in [2.75, 3.05) is 0 Å². The van der Waals surface area contributed by atoms with Gasteiger partial charge in [-0.3, -0.25) is 0 Å². The lowest BCUT2D eigenvalue weighted by Crippen LogP contribution is -2.34. The summed E-state index contributed by atoms with van der Waals surface area (Å²) >= 11 is 2.41. The zero-order chi connectivity index (χ0) is 10.3. The fourth-order valence-corrected chi connectivity index (χ4v) is 0.969. The smallest absolute Gasteiger partial charge is 0.196 e. The highest BCUT2D eigenvalue weighted by Crippen LogP contribution is 2.44. The van der Waals surface area contributed by atoms with Crippen LogP contribution in [-0.2, 0) is 5.92 Å². The molecule has 0 unspecified atom stereocenters. The molecule has 1 aromatic rings. The quantitative estimate of drug-likeness (QED) is 0.792. The summed E-state index contributed by atoms with van der Waals surface area (Å²) in [5, 5.41) is 7.35. The molecule has 0 amide bonds. The molecule has 0 fully saturated rings. The molecule has 13 heavy (non-hydrogen) atoms. The number of H-pyrrole nitrogens is 1. The molecular weight excluding hydrogens is 265 g/mol. The lowest BCUT2D eigenvalue weighted by atomic mass is 10.2. The highest BCUT2D eigenvalue weighted by molar-refractivity contribution is 9.10. The van der Waals surface area contributed by atoms with E-state index in [9.17, 15) is 22.0 Å². The molecule has 0 spiro atoms. The van der Waals surface area contributed by atoms with Crippen LogP contribution in [0.3, 0.4) is 0 Å². The molecule has 1 rings (SSSR count). The van der Waals surface area contributed by atoms with E-state index >= 15 is 0 Å². The first-order chi connectivity index (χ1) is 5.77. The van der Waals surface area contributed by atoms with Gasteiger partial charge >= 0.3 is 12.1 Å². The first kappa shape index (κ1) is 10.4. The molecule has 3 nitrogen and oxygen atoms in total. The van der Waals surface area contributed by atoms with Crippen molar-refractivity contribution in [3.05, 3.63) is 10.3 Å². The molecule has 9 heteroatoms. The molecular formula is C4HBrF5N3. The molecule has 1 aromatic heterocycles. The van der Waals surface area contributed by atoms with Crippen molar-refractivity contribution in [3.63, 3.8) is 0 Å². The number of hydrogen-bond donors (Lipinski definition) is 1. The van der Waals surface area contributed by atoms with Crippen molar-refractivity contribution in [3.8, 4) is 0 Å². The second-order valence-electron chi connectivity index (χ2n) is 2.04. The minimum atomic E-state index is -5.67. The number of nitrogens with one attached hydrogen (secondary N) is 1. The molecule has 0 aromatic carbocycles. The summed E-state index contributed by atoms with van der Waals surface area (Å²) in [6.45, 7) is 0. The summed E-state index contributed by atoms with van der Waals surface area (Å²) in [7, 11) is 0. The van der Waals surface area contributed by atoms with Crippen LogP contribution in [0.1, 0.15) is 5.69 Å². The first-order valence-electron chi connectivity index (χ1n) is 2.78. The van der Waals surface area contributed by atoms with Gasteiger partial charge in [-0.05, 0) is 15.9 Å². The summed E-state index contributed by atoms with van der Waals surface area (Å²) in [6, 6.07) is 0. The fourth-order valence-electron chi connectivity index (χ4n) is 0.552. The number of aromatic amines is 1. The Morgan fingerprint density at radius 3 is 1.92 bits per heavy atom. The maximum Gasteiger partial charge on any atom is 0.459 e. The average Bonchev–Trinajstić information content (AvgIpc) is 2.32. The van der Waals surface area contributed by atoms with Gasteiger partial charge in [0.1, 0.15) is 0 Å². The molecule has 0 aliphatic heterocycles. The van der Waals surface area contributed by atoms with E-state index in [0.29, 0.717) is 0 Å². The standard InChI is InChI=1S/C4HBrF5N3/c5-2-1(11-13-12-2)3(6,7)4(8,9)10/h(H,11,12,13). The molecule has 0 radical (unpaired) electrons. The fraction of sp³-hybridized carbons (Fsp3) is 0.500. The van der Waals surface area contributed by atoms with Gasteiger partial charge in [-0.1, -0.05) is 0 Å². The van der Waals surface area contributed by atoms with Crippen LogP contribution in [0.15, 0.2) is 4.60 Å². The van der Waals surface area contributed by atoms with Gasteiger partial charge in [0.05, 0.1) is 0 Å². The van der Waals surface area contributed by atoms with E-state index in [2.05, 4.69) is 26.1 Å². The van der Waals surface area contributed by atoms with E-state index in [1.165, 1.54) is 0 Å². The molecule has 0 aliphatic rings. The van der Waals surface area contributed by atoms with Crippen molar-refractivity contribution in [1.29, 1.82) is 0 Å². The molecule has 1 N–H and O–H groups in total. The van der Waals surface area contributed by atoms with Crippen molar-refractivity contribution in [2.24, 2.45) is 0 Å². The first-order valence-corrected chi connectivity index (χ1v) is 3.57. The van der Waals surface area contributed by atoms with Crippen molar-refractivity contribution >= 4 is 15.9 Å².